The van der Waals surface area contributed by atoms with Crippen LogP contribution in [0.25, 0.3) is 6.08 Å². The molecular formula is C20H20N2O4S. The molecule has 0 atom stereocenters. The molecule has 1 fully saturated rings. The van der Waals surface area contributed by atoms with E-state index in [0.717, 1.165) is 5.56 Å². The minimum Gasteiger partial charge on any atom is -0.497 e. The first-order valence-corrected chi connectivity index (χ1v) is 8.80. The molecule has 2 aromatic carbocycles. The van der Waals surface area contributed by atoms with Crippen molar-refractivity contribution in [2.24, 2.45) is 0 Å². The zero-order valence-corrected chi connectivity index (χ0v) is 16.1. The number of methoxy groups -OCH3 is 2. The van der Waals surface area contributed by atoms with Gasteiger partial charge in [-0.1, -0.05) is 6.07 Å². The fourth-order valence-corrected chi connectivity index (χ4v) is 3.01. The van der Waals surface area contributed by atoms with Crippen LogP contribution in [0.3, 0.4) is 0 Å². The lowest BCUT2D eigenvalue weighted by Gasteiger charge is -2.14. The summed E-state index contributed by atoms with van der Waals surface area (Å²) in [7, 11) is 3.17. The first-order chi connectivity index (χ1) is 13.1. The van der Waals surface area contributed by atoms with Crippen molar-refractivity contribution in [3.63, 3.8) is 0 Å². The highest BCUT2D eigenvalue weighted by Crippen LogP contribution is 2.30. The number of ether oxygens (including phenoxy) is 3. The van der Waals surface area contributed by atoms with Crippen molar-refractivity contribution < 1.29 is 19.0 Å². The molecular weight excluding hydrogens is 364 g/mol. The first-order valence-electron chi connectivity index (χ1n) is 8.39. The van der Waals surface area contributed by atoms with Gasteiger partial charge in [-0.2, -0.15) is 0 Å². The van der Waals surface area contributed by atoms with Crippen LogP contribution in [0.4, 0.5) is 5.69 Å². The summed E-state index contributed by atoms with van der Waals surface area (Å²) in [6.07, 6.45) is 1.73. The van der Waals surface area contributed by atoms with E-state index in [0.29, 0.717) is 40.4 Å². The molecule has 0 aromatic heterocycles. The van der Waals surface area contributed by atoms with E-state index < -0.39 is 0 Å². The third-order valence-corrected chi connectivity index (χ3v) is 4.29. The van der Waals surface area contributed by atoms with Crippen molar-refractivity contribution in [3.8, 4) is 17.2 Å². The number of hydrogen-bond donors (Lipinski definition) is 1. The summed E-state index contributed by atoms with van der Waals surface area (Å²) in [4.78, 5) is 14.3. The molecule has 1 saturated heterocycles. The molecule has 27 heavy (non-hydrogen) atoms. The van der Waals surface area contributed by atoms with Crippen LogP contribution in [0.15, 0.2) is 48.2 Å². The Kier molecular flexibility index (Phi) is 5.61. The minimum absolute atomic E-state index is 0.224. The first kappa shape index (κ1) is 18.7. The van der Waals surface area contributed by atoms with Crippen molar-refractivity contribution in [3.05, 3.63) is 53.7 Å². The van der Waals surface area contributed by atoms with Crippen molar-refractivity contribution in [2.45, 2.75) is 6.92 Å². The molecule has 140 valence electrons. The summed E-state index contributed by atoms with van der Waals surface area (Å²) in [5.74, 6) is 1.74. The number of carbonyl (C=O) groups is 1. The Bertz CT molecular complexity index is 893. The maximum atomic E-state index is 12.8. The number of carbonyl (C=O) groups excluding carboxylic acids is 1. The zero-order chi connectivity index (χ0) is 19.4. The van der Waals surface area contributed by atoms with E-state index in [1.165, 1.54) is 4.90 Å². The monoisotopic (exact) mass is 384 g/mol. The molecule has 7 heteroatoms. The highest BCUT2D eigenvalue weighted by Gasteiger charge is 2.32. The number of benzene rings is 2. The minimum atomic E-state index is -0.224. The molecule has 1 aliphatic heterocycles. The van der Waals surface area contributed by atoms with Crippen LogP contribution in [0.2, 0.25) is 0 Å². The van der Waals surface area contributed by atoms with Crippen LogP contribution in [0.5, 0.6) is 17.2 Å². The fourth-order valence-electron chi connectivity index (χ4n) is 2.72. The van der Waals surface area contributed by atoms with Gasteiger partial charge in [-0.15, -0.1) is 0 Å². The van der Waals surface area contributed by atoms with Gasteiger partial charge in [0.2, 0.25) is 0 Å². The summed E-state index contributed by atoms with van der Waals surface area (Å²) >= 11 is 5.34. The largest absolute Gasteiger partial charge is 0.497 e. The Labute approximate surface area is 163 Å². The number of nitrogens with zero attached hydrogens (tertiary/aromatic N) is 1. The summed E-state index contributed by atoms with van der Waals surface area (Å²) < 4.78 is 16.0. The third kappa shape index (κ3) is 3.88. The van der Waals surface area contributed by atoms with Crippen molar-refractivity contribution in [2.75, 3.05) is 25.7 Å². The van der Waals surface area contributed by atoms with Crippen LogP contribution in [-0.2, 0) is 4.79 Å². The smallest absolute Gasteiger partial charge is 0.281 e. The van der Waals surface area contributed by atoms with Crippen LogP contribution in [-0.4, -0.2) is 31.8 Å². The van der Waals surface area contributed by atoms with Gasteiger partial charge in [-0.25, -0.2) is 0 Å². The van der Waals surface area contributed by atoms with Gasteiger partial charge >= 0.3 is 0 Å². The third-order valence-electron chi connectivity index (χ3n) is 4.01. The summed E-state index contributed by atoms with van der Waals surface area (Å²) in [6, 6.07) is 12.6. The number of anilines is 1. The Morgan fingerprint density at radius 2 is 1.81 bits per heavy atom. The van der Waals surface area contributed by atoms with Crippen molar-refractivity contribution in [1.29, 1.82) is 0 Å². The predicted molar refractivity (Wildman–Crippen MR) is 108 cm³/mol. The van der Waals surface area contributed by atoms with E-state index in [1.807, 2.05) is 25.1 Å². The molecule has 2 aromatic rings. The molecule has 0 radical (unpaired) electrons. The molecule has 0 saturated carbocycles. The molecule has 0 spiro atoms. The van der Waals surface area contributed by atoms with E-state index in [-0.39, 0.29) is 5.91 Å². The van der Waals surface area contributed by atoms with Gasteiger partial charge < -0.3 is 19.5 Å². The average molecular weight is 384 g/mol. The summed E-state index contributed by atoms with van der Waals surface area (Å²) in [5.41, 5.74) is 1.86. The van der Waals surface area contributed by atoms with Crippen molar-refractivity contribution >= 4 is 35.0 Å². The summed E-state index contributed by atoms with van der Waals surface area (Å²) in [6.45, 7) is 2.45. The number of thiocarbonyl (C=S) groups is 1. The lowest BCUT2D eigenvalue weighted by Crippen LogP contribution is -2.30. The number of nitrogens with one attached hydrogen (secondary N) is 1. The SMILES string of the molecule is CCOc1ccc(/C=C2/NC(=S)N(c3ccc(OC)cc3)C2=O)cc1OC. The Hall–Kier alpha value is -3.06. The van der Waals surface area contributed by atoms with Gasteiger partial charge in [0, 0.05) is 0 Å². The fraction of sp³-hybridized carbons (Fsp3) is 0.200. The highest BCUT2D eigenvalue weighted by atomic mass is 32.1. The second-order valence-corrected chi connectivity index (χ2v) is 6.06. The van der Waals surface area contributed by atoms with Gasteiger partial charge in [0.25, 0.3) is 5.91 Å². The van der Waals surface area contributed by atoms with E-state index in [1.54, 1.807) is 44.6 Å². The second kappa shape index (κ2) is 8.09. The standard InChI is InChI=1S/C20H20N2O4S/c1-4-26-17-10-5-13(12-18(17)25-3)11-16-19(23)22(20(27)21-16)14-6-8-15(24-2)9-7-14/h5-12H,4H2,1-3H3,(H,21,27)/b16-11+. The zero-order valence-electron chi connectivity index (χ0n) is 15.3. The topological polar surface area (TPSA) is 60.0 Å². The van der Waals surface area contributed by atoms with Gasteiger partial charge in [-0.05, 0) is 67.2 Å². The van der Waals surface area contributed by atoms with E-state index >= 15 is 0 Å². The normalized spacial score (nSPS) is 15.1. The van der Waals surface area contributed by atoms with Gasteiger partial charge in [0.15, 0.2) is 16.6 Å². The quantitative estimate of drug-likeness (QED) is 0.609. The van der Waals surface area contributed by atoms with Gasteiger partial charge in [-0.3, -0.25) is 9.69 Å². The number of rotatable bonds is 6. The molecule has 6 nitrogen and oxygen atoms in total. The molecule has 1 amide bonds. The van der Waals surface area contributed by atoms with Crippen LogP contribution in [0, 0.1) is 0 Å². The van der Waals surface area contributed by atoms with Crippen molar-refractivity contribution in [1.82, 2.24) is 5.32 Å². The molecule has 1 N–H and O–H groups in total. The van der Waals surface area contributed by atoms with Crippen LogP contribution in [0.1, 0.15) is 12.5 Å². The van der Waals surface area contributed by atoms with E-state index in [9.17, 15) is 4.79 Å². The van der Waals surface area contributed by atoms with Gasteiger partial charge in [0.1, 0.15) is 11.4 Å². The Balaban J connectivity index is 1.87. The average Bonchev–Trinajstić information content (AvgIpc) is 2.96. The van der Waals surface area contributed by atoms with E-state index in [4.69, 9.17) is 26.4 Å². The molecule has 3 rings (SSSR count). The lowest BCUT2D eigenvalue weighted by atomic mass is 10.1. The molecule has 0 unspecified atom stereocenters. The Morgan fingerprint density at radius 1 is 1.07 bits per heavy atom. The maximum Gasteiger partial charge on any atom is 0.281 e. The predicted octanol–water partition coefficient (Wildman–Crippen LogP) is 3.36. The molecule has 0 bridgehead atoms. The Morgan fingerprint density at radius 3 is 2.44 bits per heavy atom. The lowest BCUT2D eigenvalue weighted by molar-refractivity contribution is -0.113. The molecule has 0 aliphatic carbocycles. The number of hydrogen-bond acceptors (Lipinski definition) is 5. The highest BCUT2D eigenvalue weighted by molar-refractivity contribution is 7.80. The van der Waals surface area contributed by atoms with Crippen LogP contribution >= 0.6 is 12.2 Å². The van der Waals surface area contributed by atoms with Gasteiger partial charge in [0.05, 0.1) is 26.5 Å². The number of amides is 1. The molecule has 1 heterocycles. The van der Waals surface area contributed by atoms with E-state index in [2.05, 4.69) is 5.32 Å². The second-order valence-electron chi connectivity index (χ2n) is 5.67. The summed E-state index contributed by atoms with van der Waals surface area (Å²) in [5, 5.41) is 3.30. The maximum absolute atomic E-state index is 12.8. The molecule has 1 aliphatic rings. The van der Waals surface area contributed by atoms with Crippen LogP contribution < -0.4 is 24.4 Å².